The molecule has 0 fully saturated rings. The van der Waals surface area contributed by atoms with Crippen LogP contribution >= 0.6 is 0 Å². The molecule has 0 atom stereocenters. The molecule has 0 radical (unpaired) electrons. The van der Waals surface area contributed by atoms with Crippen molar-refractivity contribution in [2.75, 3.05) is 22.9 Å². The zero-order valence-electron chi connectivity index (χ0n) is 15.9. The zero-order valence-corrected chi connectivity index (χ0v) is 15.9. The van der Waals surface area contributed by atoms with E-state index < -0.39 is 5.41 Å². The van der Waals surface area contributed by atoms with Crippen LogP contribution in [0, 0.1) is 0 Å². The summed E-state index contributed by atoms with van der Waals surface area (Å²) in [5.41, 5.74) is 33.9. The Morgan fingerprint density at radius 2 is 0.897 bits per heavy atom. The number of benzene rings is 4. The topological polar surface area (TPSA) is 104 Å². The zero-order chi connectivity index (χ0) is 20.2. The second-order valence-corrected chi connectivity index (χ2v) is 7.54. The van der Waals surface area contributed by atoms with Crippen LogP contribution in [-0.4, -0.2) is 0 Å². The van der Waals surface area contributed by atoms with Gasteiger partial charge in [-0.05, 0) is 58.7 Å². The molecule has 4 aromatic rings. The van der Waals surface area contributed by atoms with Gasteiger partial charge in [-0.2, -0.15) is 0 Å². The van der Waals surface area contributed by atoms with Gasteiger partial charge < -0.3 is 22.9 Å². The monoisotopic (exact) mass is 378 g/mol. The molecule has 0 amide bonds. The third kappa shape index (κ3) is 2.26. The van der Waals surface area contributed by atoms with Gasteiger partial charge >= 0.3 is 0 Å². The van der Waals surface area contributed by atoms with Gasteiger partial charge in [0, 0.05) is 33.9 Å². The lowest BCUT2D eigenvalue weighted by molar-refractivity contribution is 0.770. The van der Waals surface area contributed by atoms with Gasteiger partial charge in [-0.1, -0.05) is 48.5 Å². The molecule has 29 heavy (non-hydrogen) atoms. The van der Waals surface area contributed by atoms with Crippen molar-refractivity contribution in [2.24, 2.45) is 0 Å². The molecule has 0 aromatic heterocycles. The van der Waals surface area contributed by atoms with Gasteiger partial charge in [0.1, 0.15) is 0 Å². The lowest BCUT2D eigenvalue weighted by Crippen LogP contribution is -2.29. The minimum Gasteiger partial charge on any atom is -0.399 e. The Balaban J connectivity index is 2.03. The fraction of sp³-hybridized carbons (Fsp3) is 0.0400. The summed E-state index contributed by atoms with van der Waals surface area (Å²) in [5.74, 6) is 0. The highest BCUT2D eigenvalue weighted by Crippen LogP contribution is 2.59. The lowest BCUT2D eigenvalue weighted by Gasteiger charge is -2.34. The Bertz CT molecular complexity index is 1160. The number of nitrogen functional groups attached to an aromatic ring is 4. The largest absolute Gasteiger partial charge is 0.399 e. The predicted octanol–water partition coefficient (Wildman–Crippen LogP) is 4.38. The van der Waals surface area contributed by atoms with E-state index in [2.05, 4.69) is 24.3 Å². The number of rotatable bonds is 2. The van der Waals surface area contributed by atoms with Gasteiger partial charge in [0.05, 0.1) is 5.41 Å². The molecule has 0 heterocycles. The van der Waals surface area contributed by atoms with Crippen molar-refractivity contribution >= 4 is 22.7 Å². The fourth-order valence-corrected chi connectivity index (χ4v) is 4.80. The van der Waals surface area contributed by atoms with Gasteiger partial charge in [-0.3, -0.25) is 0 Å². The average molecular weight is 378 g/mol. The Kier molecular flexibility index (Phi) is 3.58. The normalized spacial score (nSPS) is 13.7. The quantitative estimate of drug-likeness (QED) is 0.342. The van der Waals surface area contributed by atoms with E-state index in [4.69, 9.17) is 22.9 Å². The van der Waals surface area contributed by atoms with Crippen LogP contribution in [0.1, 0.15) is 22.3 Å². The maximum absolute atomic E-state index is 6.49. The molecule has 4 nitrogen and oxygen atoms in total. The minimum absolute atomic E-state index is 0.611. The first-order chi connectivity index (χ1) is 14.0. The van der Waals surface area contributed by atoms with Crippen LogP contribution in [-0.2, 0) is 5.41 Å². The van der Waals surface area contributed by atoms with Gasteiger partial charge in [-0.15, -0.1) is 0 Å². The maximum atomic E-state index is 6.49. The summed E-state index contributed by atoms with van der Waals surface area (Å²) >= 11 is 0. The summed E-state index contributed by atoms with van der Waals surface area (Å²) in [7, 11) is 0. The van der Waals surface area contributed by atoms with E-state index in [9.17, 15) is 0 Å². The highest BCUT2D eigenvalue weighted by molar-refractivity contribution is 5.97. The molecule has 5 rings (SSSR count). The van der Waals surface area contributed by atoms with E-state index >= 15 is 0 Å². The first-order valence-electron chi connectivity index (χ1n) is 9.54. The van der Waals surface area contributed by atoms with Crippen molar-refractivity contribution in [3.8, 4) is 11.1 Å². The summed E-state index contributed by atoms with van der Waals surface area (Å²) in [6.07, 6.45) is 0. The van der Waals surface area contributed by atoms with Crippen molar-refractivity contribution in [3.63, 3.8) is 0 Å². The van der Waals surface area contributed by atoms with E-state index in [1.165, 1.54) is 0 Å². The average Bonchev–Trinajstić information content (AvgIpc) is 3.02. The molecule has 0 aliphatic heterocycles. The first-order valence-corrected chi connectivity index (χ1v) is 9.54. The SMILES string of the molecule is Nc1cccc(C2(c3cccc(N)c3)c3cccc(N)c3-c3c(N)cccc32)c1. The summed E-state index contributed by atoms with van der Waals surface area (Å²) in [6, 6.07) is 28.1. The molecule has 1 aliphatic carbocycles. The predicted molar refractivity (Wildman–Crippen MR) is 121 cm³/mol. The third-order valence-electron chi connectivity index (χ3n) is 5.89. The highest BCUT2D eigenvalue weighted by atomic mass is 14.6. The number of fused-ring (bicyclic) bond motifs is 3. The van der Waals surface area contributed by atoms with Crippen molar-refractivity contribution < 1.29 is 0 Å². The number of hydrogen-bond donors (Lipinski definition) is 4. The van der Waals surface area contributed by atoms with Crippen LogP contribution in [0.5, 0.6) is 0 Å². The Morgan fingerprint density at radius 3 is 1.31 bits per heavy atom. The lowest BCUT2D eigenvalue weighted by atomic mass is 9.67. The number of anilines is 4. The maximum Gasteiger partial charge on any atom is 0.0716 e. The molecule has 4 heteroatoms. The van der Waals surface area contributed by atoms with Crippen LogP contribution in [0.2, 0.25) is 0 Å². The Hall–Kier alpha value is -3.92. The Labute approximate surface area is 169 Å². The van der Waals surface area contributed by atoms with Crippen LogP contribution < -0.4 is 22.9 Å². The smallest absolute Gasteiger partial charge is 0.0716 e. The van der Waals surface area contributed by atoms with E-state index in [1.54, 1.807) is 0 Å². The van der Waals surface area contributed by atoms with E-state index in [0.717, 1.165) is 33.4 Å². The standard InChI is InChI=1S/C25H22N4/c26-17-7-1-5-15(13-17)25(16-6-2-8-18(27)14-16)19-9-3-11-21(28)23(19)24-20(25)10-4-12-22(24)29/h1-14H,26-29H2. The molecule has 1 aliphatic rings. The molecule has 0 unspecified atom stereocenters. The first kappa shape index (κ1) is 17.2. The van der Waals surface area contributed by atoms with E-state index in [0.29, 0.717) is 22.7 Å². The minimum atomic E-state index is -0.611. The summed E-state index contributed by atoms with van der Waals surface area (Å²) in [6.45, 7) is 0. The molecular formula is C25H22N4. The summed E-state index contributed by atoms with van der Waals surface area (Å²) in [4.78, 5) is 0. The van der Waals surface area contributed by atoms with Crippen LogP contribution in [0.3, 0.4) is 0 Å². The molecular weight excluding hydrogens is 356 g/mol. The fourth-order valence-electron chi connectivity index (χ4n) is 4.80. The molecule has 8 N–H and O–H groups in total. The van der Waals surface area contributed by atoms with Gasteiger partial charge in [0.2, 0.25) is 0 Å². The van der Waals surface area contributed by atoms with E-state index in [1.807, 2.05) is 60.7 Å². The third-order valence-corrected chi connectivity index (χ3v) is 5.89. The Morgan fingerprint density at radius 1 is 0.483 bits per heavy atom. The number of hydrogen-bond acceptors (Lipinski definition) is 4. The van der Waals surface area contributed by atoms with Crippen molar-refractivity contribution in [3.05, 3.63) is 107 Å². The van der Waals surface area contributed by atoms with E-state index in [-0.39, 0.29) is 0 Å². The molecule has 142 valence electrons. The summed E-state index contributed by atoms with van der Waals surface area (Å²) < 4.78 is 0. The molecule has 4 aromatic carbocycles. The van der Waals surface area contributed by atoms with Gasteiger partial charge in [0.15, 0.2) is 0 Å². The van der Waals surface area contributed by atoms with Crippen LogP contribution in [0.15, 0.2) is 84.9 Å². The van der Waals surface area contributed by atoms with Gasteiger partial charge in [0.25, 0.3) is 0 Å². The molecule has 0 saturated carbocycles. The van der Waals surface area contributed by atoms with Crippen molar-refractivity contribution in [2.45, 2.75) is 5.41 Å². The highest BCUT2D eigenvalue weighted by Gasteiger charge is 2.47. The molecule has 0 bridgehead atoms. The van der Waals surface area contributed by atoms with Crippen LogP contribution in [0.25, 0.3) is 11.1 Å². The van der Waals surface area contributed by atoms with Crippen LogP contribution in [0.4, 0.5) is 22.7 Å². The second kappa shape index (κ2) is 6.04. The van der Waals surface area contributed by atoms with Crippen molar-refractivity contribution in [1.29, 1.82) is 0 Å². The number of nitrogens with two attached hydrogens (primary N) is 4. The van der Waals surface area contributed by atoms with Crippen molar-refractivity contribution in [1.82, 2.24) is 0 Å². The molecule has 0 spiro atoms. The van der Waals surface area contributed by atoms with Gasteiger partial charge in [-0.25, -0.2) is 0 Å². The molecule has 0 saturated heterocycles. The second-order valence-electron chi connectivity index (χ2n) is 7.54. The summed E-state index contributed by atoms with van der Waals surface area (Å²) in [5, 5.41) is 0.